The number of benzene rings is 1. The molecule has 0 radical (unpaired) electrons. The molecule has 0 bridgehead atoms. The minimum Gasteiger partial charge on any atom is -0.361 e. The first-order valence-corrected chi connectivity index (χ1v) is 7.65. The van der Waals surface area contributed by atoms with Gasteiger partial charge < -0.3 is 4.98 Å². The number of nitrogens with zero attached hydrogens (tertiary/aromatic N) is 1. The fourth-order valence-corrected chi connectivity index (χ4v) is 3.56. The first kappa shape index (κ1) is 12.7. The average molecular weight is 256 g/mol. The Kier molecular flexibility index (Phi) is 3.61. The van der Waals surface area contributed by atoms with Crippen LogP contribution >= 0.6 is 0 Å². The molecule has 0 unspecified atom stereocenters. The molecule has 102 valence electrons. The summed E-state index contributed by atoms with van der Waals surface area (Å²) in [5.74, 6) is 0. The number of rotatable bonds is 5. The monoisotopic (exact) mass is 256 g/mol. The predicted octanol–water partition coefficient (Wildman–Crippen LogP) is 3.76. The zero-order valence-electron chi connectivity index (χ0n) is 12.1. The van der Waals surface area contributed by atoms with E-state index in [1.54, 1.807) is 0 Å². The van der Waals surface area contributed by atoms with Gasteiger partial charge in [-0.15, -0.1) is 0 Å². The number of hydrogen-bond donors (Lipinski definition) is 1. The van der Waals surface area contributed by atoms with E-state index < -0.39 is 0 Å². The number of aromatic nitrogens is 1. The molecule has 0 amide bonds. The minimum atomic E-state index is 0.689. The smallest absolute Gasteiger partial charge is 0.0459 e. The van der Waals surface area contributed by atoms with Crippen molar-refractivity contribution >= 4 is 10.9 Å². The third-order valence-electron chi connectivity index (χ3n) is 4.32. The van der Waals surface area contributed by atoms with E-state index in [-0.39, 0.29) is 0 Å². The van der Waals surface area contributed by atoms with Gasteiger partial charge in [-0.05, 0) is 56.0 Å². The Labute approximate surface area is 115 Å². The Balaban J connectivity index is 1.89. The van der Waals surface area contributed by atoms with Gasteiger partial charge in [0.15, 0.2) is 0 Å². The van der Waals surface area contributed by atoms with E-state index in [4.69, 9.17) is 0 Å². The molecule has 0 saturated carbocycles. The van der Waals surface area contributed by atoms with Gasteiger partial charge in [-0.1, -0.05) is 26.0 Å². The van der Waals surface area contributed by atoms with Crippen molar-refractivity contribution in [3.63, 3.8) is 0 Å². The van der Waals surface area contributed by atoms with Gasteiger partial charge in [-0.25, -0.2) is 0 Å². The summed E-state index contributed by atoms with van der Waals surface area (Å²) >= 11 is 0. The summed E-state index contributed by atoms with van der Waals surface area (Å²) in [5, 5.41) is 1.49. The van der Waals surface area contributed by atoms with Crippen LogP contribution in [0.1, 0.15) is 37.8 Å². The highest BCUT2D eigenvalue weighted by molar-refractivity contribution is 5.87. The van der Waals surface area contributed by atoms with E-state index in [2.05, 4.69) is 48.1 Å². The topological polar surface area (TPSA) is 19.0 Å². The molecular weight excluding hydrogens is 232 g/mol. The Morgan fingerprint density at radius 1 is 1.11 bits per heavy atom. The van der Waals surface area contributed by atoms with E-state index in [0.717, 1.165) is 0 Å². The first-order chi connectivity index (χ1) is 9.33. The van der Waals surface area contributed by atoms with Crippen LogP contribution in [0.25, 0.3) is 10.9 Å². The highest BCUT2D eigenvalue weighted by atomic mass is 15.1. The fourth-order valence-electron chi connectivity index (χ4n) is 3.56. The second-order valence-electron chi connectivity index (χ2n) is 5.75. The Morgan fingerprint density at radius 2 is 1.84 bits per heavy atom. The van der Waals surface area contributed by atoms with Gasteiger partial charge in [0.05, 0.1) is 0 Å². The van der Waals surface area contributed by atoms with E-state index in [1.807, 2.05) is 0 Å². The van der Waals surface area contributed by atoms with Crippen LogP contribution in [0.5, 0.6) is 0 Å². The van der Waals surface area contributed by atoms with Crippen molar-refractivity contribution in [2.45, 2.75) is 45.6 Å². The standard InChI is InChI=1S/C17H24N2/c1-3-8-19(9-4-2)15-10-13-6-5-7-16-17(13)14(11-15)12-18-16/h5-7,12,15,18H,3-4,8-11H2,1-2H3/t15-/m1/s1. The maximum atomic E-state index is 3.42. The van der Waals surface area contributed by atoms with Crippen molar-refractivity contribution in [3.8, 4) is 0 Å². The fraction of sp³-hybridized carbons (Fsp3) is 0.529. The Morgan fingerprint density at radius 3 is 2.58 bits per heavy atom. The third-order valence-corrected chi connectivity index (χ3v) is 4.32. The SMILES string of the molecule is CCCN(CCC)[C@@H]1Cc2cccc3[nH]cc(c23)C1. The average Bonchev–Trinajstić information content (AvgIpc) is 2.84. The van der Waals surface area contributed by atoms with E-state index in [0.29, 0.717) is 6.04 Å². The van der Waals surface area contributed by atoms with Crippen molar-refractivity contribution in [3.05, 3.63) is 35.5 Å². The van der Waals surface area contributed by atoms with Crippen molar-refractivity contribution < 1.29 is 0 Å². The van der Waals surface area contributed by atoms with Crippen molar-refractivity contribution in [1.29, 1.82) is 0 Å². The summed E-state index contributed by atoms with van der Waals surface area (Å²) in [7, 11) is 0. The van der Waals surface area contributed by atoms with Crippen molar-refractivity contribution in [2.75, 3.05) is 13.1 Å². The highest BCUT2D eigenvalue weighted by Gasteiger charge is 2.25. The second kappa shape index (κ2) is 5.38. The molecule has 3 rings (SSSR count). The summed E-state index contributed by atoms with van der Waals surface area (Å²) < 4.78 is 0. The number of H-pyrrole nitrogens is 1. The van der Waals surface area contributed by atoms with Gasteiger partial charge in [-0.2, -0.15) is 0 Å². The third kappa shape index (κ3) is 2.30. The van der Waals surface area contributed by atoms with Crippen LogP contribution in [0.4, 0.5) is 0 Å². The highest BCUT2D eigenvalue weighted by Crippen LogP contribution is 2.31. The van der Waals surface area contributed by atoms with Gasteiger partial charge in [0.1, 0.15) is 0 Å². The number of aromatic amines is 1. The van der Waals surface area contributed by atoms with Crippen LogP contribution in [0.2, 0.25) is 0 Å². The van der Waals surface area contributed by atoms with Gasteiger partial charge in [0.25, 0.3) is 0 Å². The van der Waals surface area contributed by atoms with E-state index in [9.17, 15) is 0 Å². The lowest BCUT2D eigenvalue weighted by atomic mass is 9.88. The minimum absolute atomic E-state index is 0.689. The van der Waals surface area contributed by atoms with Crippen LogP contribution < -0.4 is 0 Å². The molecule has 0 spiro atoms. The predicted molar refractivity (Wildman–Crippen MR) is 81.6 cm³/mol. The molecule has 2 heteroatoms. The maximum Gasteiger partial charge on any atom is 0.0459 e. The summed E-state index contributed by atoms with van der Waals surface area (Å²) in [5.41, 5.74) is 4.35. The molecule has 1 N–H and O–H groups in total. The van der Waals surface area contributed by atoms with Crippen molar-refractivity contribution in [2.24, 2.45) is 0 Å². The Hall–Kier alpha value is -1.28. The van der Waals surface area contributed by atoms with Crippen LogP contribution in [-0.2, 0) is 12.8 Å². The molecule has 2 nitrogen and oxygen atoms in total. The van der Waals surface area contributed by atoms with E-state index >= 15 is 0 Å². The molecule has 1 aromatic heterocycles. The maximum absolute atomic E-state index is 3.42. The molecule has 0 aliphatic heterocycles. The molecule has 1 atom stereocenters. The molecule has 1 aliphatic carbocycles. The molecule has 0 saturated heterocycles. The largest absolute Gasteiger partial charge is 0.361 e. The summed E-state index contributed by atoms with van der Waals surface area (Å²) in [6, 6.07) is 7.37. The van der Waals surface area contributed by atoms with Crippen molar-refractivity contribution in [1.82, 2.24) is 9.88 Å². The summed E-state index contributed by atoms with van der Waals surface area (Å²) in [6.07, 6.45) is 7.14. The molecule has 2 aromatic rings. The van der Waals surface area contributed by atoms with Crippen LogP contribution in [0, 0.1) is 0 Å². The lowest BCUT2D eigenvalue weighted by Crippen LogP contribution is -2.40. The normalized spacial score (nSPS) is 18.4. The zero-order valence-corrected chi connectivity index (χ0v) is 12.1. The van der Waals surface area contributed by atoms with Gasteiger partial charge >= 0.3 is 0 Å². The van der Waals surface area contributed by atoms with Crippen LogP contribution in [0.3, 0.4) is 0 Å². The molecule has 1 heterocycles. The molecule has 19 heavy (non-hydrogen) atoms. The molecule has 1 aliphatic rings. The number of nitrogens with one attached hydrogen (secondary N) is 1. The lowest BCUT2D eigenvalue weighted by molar-refractivity contribution is 0.192. The zero-order chi connectivity index (χ0) is 13.2. The van der Waals surface area contributed by atoms with Crippen LogP contribution in [0.15, 0.2) is 24.4 Å². The quantitative estimate of drug-likeness (QED) is 0.863. The van der Waals surface area contributed by atoms with E-state index in [1.165, 1.54) is 60.8 Å². The van der Waals surface area contributed by atoms with Gasteiger partial charge in [0.2, 0.25) is 0 Å². The second-order valence-corrected chi connectivity index (χ2v) is 5.75. The first-order valence-electron chi connectivity index (χ1n) is 7.65. The summed E-state index contributed by atoms with van der Waals surface area (Å²) in [4.78, 5) is 6.11. The lowest BCUT2D eigenvalue weighted by Gasteiger charge is -2.34. The summed E-state index contributed by atoms with van der Waals surface area (Å²) in [6.45, 7) is 7.03. The number of hydrogen-bond acceptors (Lipinski definition) is 1. The molecule has 1 aromatic carbocycles. The molecular formula is C17H24N2. The van der Waals surface area contributed by atoms with Crippen LogP contribution in [-0.4, -0.2) is 29.0 Å². The van der Waals surface area contributed by atoms with Gasteiger partial charge in [-0.3, -0.25) is 4.90 Å². The van der Waals surface area contributed by atoms with Gasteiger partial charge in [0, 0.05) is 23.1 Å². The Bertz CT molecular complexity index is 549. The molecule has 0 fully saturated rings.